The van der Waals surface area contributed by atoms with Crippen molar-refractivity contribution in [1.82, 2.24) is 0 Å². The molecule has 0 radical (unpaired) electrons. The molecule has 0 aliphatic heterocycles. The van der Waals surface area contributed by atoms with Gasteiger partial charge >= 0.3 is 0 Å². The molecule has 10 aromatic carbocycles. The second kappa shape index (κ2) is 13.6. The third-order valence-electron chi connectivity index (χ3n) is 11.8. The van der Waals surface area contributed by atoms with Gasteiger partial charge in [-0.25, -0.2) is 0 Å². The molecule has 0 saturated carbocycles. The van der Waals surface area contributed by atoms with Crippen molar-refractivity contribution in [3.8, 4) is 33.4 Å². The lowest BCUT2D eigenvalue weighted by molar-refractivity contribution is 0.670. The molecule has 0 amide bonds. The van der Waals surface area contributed by atoms with Crippen molar-refractivity contribution in [1.29, 1.82) is 0 Å². The van der Waals surface area contributed by atoms with Gasteiger partial charge in [0.05, 0.1) is 0 Å². The van der Waals surface area contributed by atoms with Gasteiger partial charge in [0.25, 0.3) is 0 Å². The summed E-state index contributed by atoms with van der Waals surface area (Å²) >= 11 is 1.87. The van der Waals surface area contributed by atoms with Crippen LogP contribution in [0.2, 0.25) is 0 Å². The van der Waals surface area contributed by atoms with Crippen molar-refractivity contribution in [2.75, 3.05) is 4.90 Å². The lowest BCUT2D eigenvalue weighted by atomic mass is 9.94. The largest absolute Gasteiger partial charge is 0.455 e. The van der Waals surface area contributed by atoms with Crippen LogP contribution in [-0.4, -0.2) is 0 Å². The molecule has 2 heterocycles. The predicted molar refractivity (Wildman–Crippen MR) is 253 cm³/mol. The van der Waals surface area contributed by atoms with E-state index in [2.05, 4.69) is 217 Å². The molecule has 12 rings (SSSR count). The topological polar surface area (TPSA) is 16.4 Å². The number of benzene rings is 10. The highest BCUT2D eigenvalue weighted by molar-refractivity contribution is 7.26. The number of fused-ring (bicyclic) bond motifs is 8. The van der Waals surface area contributed by atoms with Crippen molar-refractivity contribution in [3.05, 3.63) is 212 Å². The molecule has 0 bridgehead atoms. The smallest absolute Gasteiger partial charge is 0.143 e. The molecule has 0 spiro atoms. The van der Waals surface area contributed by atoms with Gasteiger partial charge in [-0.05, 0) is 104 Å². The van der Waals surface area contributed by atoms with Crippen molar-refractivity contribution in [3.63, 3.8) is 0 Å². The molecule has 0 aliphatic rings. The molecule has 2 nitrogen and oxygen atoms in total. The molecule has 0 N–H and O–H groups in total. The highest BCUT2D eigenvalue weighted by atomic mass is 32.1. The van der Waals surface area contributed by atoms with Crippen LogP contribution in [0.4, 0.5) is 17.1 Å². The van der Waals surface area contributed by atoms with E-state index in [4.69, 9.17) is 4.42 Å². The molecule has 3 heteroatoms. The summed E-state index contributed by atoms with van der Waals surface area (Å²) in [5.74, 6) is 0. The summed E-state index contributed by atoms with van der Waals surface area (Å²) < 4.78 is 9.65. The Morgan fingerprint density at radius 3 is 1.80 bits per heavy atom. The number of anilines is 3. The Morgan fingerprint density at radius 1 is 0.356 bits per heavy atom. The van der Waals surface area contributed by atoms with Crippen LogP contribution in [0.3, 0.4) is 0 Å². The Labute approximate surface area is 345 Å². The summed E-state index contributed by atoms with van der Waals surface area (Å²) in [5, 5.41) is 9.66. The minimum Gasteiger partial charge on any atom is -0.455 e. The second-order valence-electron chi connectivity index (χ2n) is 15.3. The second-order valence-corrected chi connectivity index (χ2v) is 16.3. The van der Waals surface area contributed by atoms with Crippen LogP contribution in [0, 0.1) is 0 Å². The number of hydrogen-bond donors (Lipinski definition) is 0. The molecule has 2 aromatic heterocycles. The first-order valence-electron chi connectivity index (χ1n) is 20.1. The zero-order valence-corrected chi connectivity index (χ0v) is 32.8. The van der Waals surface area contributed by atoms with E-state index >= 15 is 0 Å². The molecule has 59 heavy (non-hydrogen) atoms. The Morgan fingerprint density at radius 2 is 0.983 bits per heavy atom. The van der Waals surface area contributed by atoms with Gasteiger partial charge in [0, 0.05) is 59.6 Å². The van der Waals surface area contributed by atoms with Crippen molar-refractivity contribution >= 4 is 92.1 Å². The van der Waals surface area contributed by atoms with Gasteiger partial charge in [-0.3, -0.25) is 0 Å². The molecule has 0 saturated heterocycles. The lowest BCUT2D eigenvalue weighted by Gasteiger charge is -2.26. The maximum Gasteiger partial charge on any atom is 0.143 e. The normalized spacial score (nSPS) is 11.7. The minimum absolute atomic E-state index is 0.855. The van der Waals surface area contributed by atoms with Crippen LogP contribution in [0.1, 0.15) is 0 Å². The number of hydrogen-bond acceptors (Lipinski definition) is 3. The number of nitrogens with zero attached hydrogens (tertiary/aromatic N) is 1. The third-order valence-corrected chi connectivity index (χ3v) is 13.1. The standard InChI is InChI=1S/C56H35NOS/c1-2-11-36(12-3-1)38-23-27-43(28-24-38)57(44-29-25-39(26-30-44)47-18-10-19-50-49-17-8-9-20-53(49)59-56(47)50)45-31-32-48-51-34-41-15-6-7-16-46(41)54(55(51)58-52(48)35-45)42-22-21-37-13-4-5-14-40(37)33-42/h1-35H. The van der Waals surface area contributed by atoms with E-state index < -0.39 is 0 Å². The van der Waals surface area contributed by atoms with Gasteiger partial charge in [0.2, 0.25) is 0 Å². The van der Waals surface area contributed by atoms with E-state index in [1.165, 1.54) is 64.0 Å². The van der Waals surface area contributed by atoms with Gasteiger partial charge in [-0.1, -0.05) is 152 Å². The van der Waals surface area contributed by atoms with Gasteiger partial charge < -0.3 is 9.32 Å². The Balaban J connectivity index is 1.02. The van der Waals surface area contributed by atoms with Crippen LogP contribution in [0.25, 0.3) is 97.0 Å². The average Bonchev–Trinajstić information content (AvgIpc) is 3.87. The Kier molecular flexibility index (Phi) is 7.75. The summed E-state index contributed by atoms with van der Waals surface area (Å²) in [6.07, 6.45) is 0. The molecule has 0 aliphatic carbocycles. The number of rotatable bonds is 6. The molecule has 276 valence electrons. The fraction of sp³-hybridized carbons (Fsp3) is 0. The van der Waals surface area contributed by atoms with Crippen molar-refractivity contribution in [2.45, 2.75) is 0 Å². The van der Waals surface area contributed by atoms with Gasteiger partial charge in [-0.2, -0.15) is 0 Å². The Hall–Kier alpha value is -7.46. The fourth-order valence-corrected chi connectivity index (χ4v) is 10.2. The van der Waals surface area contributed by atoms with Crippen LogP contribution >= 0.6 is 11.3 Å². The number of furan rings is 1. The molecule has 0 fully saturated rings. The van der Waals surface area contributed by atoms with E-state index in [0.29, 0.717) is 0 Å². The summed E-state index contributed by atoms with van der Waals surface area (Å²) in [7, 11) is 0. The first kappa shape index (κ1) is 33.7. The summed E-state index contributed by atoms with van der Waals surface area (Å²) in [5.41, 5.74) is 12.0. The lowest BCUT2D eigenvalue weighted by Crippen LogP contribution is -2.09. The SMILES string of the molecule is c1ccc(-c2ccc(N(c3ccc(-c4cccc5c4sc4ccccc45)cc3)c3ccc4c(c3)oc3c(-c5ccc6ccccc6c5)c5ccccc5cc34)cc2)cc1. The van der Waals surface area contributed by atoms with Crippen molar-refractivity contribution in [2.24, 2.45) is 0 Å². The highest BCUT2D eigenvalue weighted by Gasteiger charge is 2.20. The third kappa shape index (κ3) is 5.62. The monoisotopic (exact) mass is 769 g/mol. The first-order valence-corrected chi connectivity index (χ1v) is 20.9. The molecule has 0 unspecified atom stereocenters. The van der Waals surface area contributed by atoms with Crippen LogP contribution in [-0.2, 0) is 0 Å². The van der Waals surface area contributed by atoms with Gasteiger partial charge in [0.1, 0.15) is 11.2 Å². The zero-order valence-electron chi connectivity index (χ0n) is 32.0. The maximum absolute atomic E-state index is 7.01. The van der Waals surface area contributed by atoms with Crippen LogP contribution in [0.15, 0.2) is 217 Å². The van der Waals surface area contributed by atoms with E-state index in [-0.39, 0.29) is 0 Å². The fourth-order valence-electron chi connectivity index (χ4n) is 8.98. The summed E-state index contributed by atoms with van der Waals surface area (Å²) in [4.78, 5) is 2.34. The van der Waals surface area contributed by atoms with Gasteiger partial charge in [-0.15, -0.1) is 11.3 Å². The summed E-state index contributed by atoms with van der Waals surface area (Å²) in [6.45, 7) is 0. The maximum atomic E-state index is 7.01. The molecular formula is C56H35NOS. The summed E-state index contributed by atoms with van der Waals surface area (Å²) in [6, 6.07) is 76.8. The van der Waals surface area contributed by atoms with Crippen LogP contribution in [0.5, 0.6) is 0 Å². The molecule has 0 atom stereocenters. The van der Waals surface area contributed by atoms with E-state index in [1.54, 1.807) is 0 Å². The molecule has 12 aromatic rings. The average molecular weight is 770 g/mol. The van der Waals surface area contributed by atoms with E-state index in [0.717, 1.165) is 50.1 Å². The highest BCUT2D eigenvalue weighted by Crippen LogP contribution is 2.45. The van der Waals surface area contributed by atoms with E-state index in [9.17, 15) is 0 Å². The van der Waals surface area contributed by atoms with Gasteiger partial charge in [0.15, 0.2) is 0 Å². The molecular weight excluding hydrogens is 735 g/mol. The van der Waals surface area contributed by atoms with Crippen molar-refractivity contribution < 1.29 is 4.42 Å². The quantitative estimate of drug-likeness (QED) is 0.167. The number of thiophene rings is 1. The predicted octanol–water partition coefficient (Wildman–Crippen LogP) is 16.7. The first-order chi connectivity index (χ1) is 29.2. The van der Waals surface area contributed by atoms with Crippen LogP contribution < -0.4 is 4.90 Å². The zero-order chi connectivity index (χ0) is 38.9. The van der Waals surface area contributed by atoms with E-state index in [1.807, 2.05) is 11.3 Å². The minimum atomic E-state index is 0.855. The Bertz CT molecular complexity index is 3540.